The third kappa shape index (κ3) is 1.75. The fraction of sp³-hybridized carbons (Fsp3) is 0.917. The maximum absolute atomic E-state index is 12.6. The van der Waals surface area contributed by atoms with Crippen molar-refractivity contribution in [3.63, 3.8) is 0 Å². The third-order valence-corrected chi connectivity index (χ3v) is 4.61. The van der Waals surface area contributed by atoms with Crippen LogP contribution in [0.1, 0.15) is 26.2 Å². The summed E-state index contributed by atoms with van der Waals surface area (Å²) in [7, 11) is 0. The zero-order valence-corrected chi connectivity index (χ0v) is 9.92. The van der Waals surface area contributed by atoms with Crippen molar-refractivity contribution in [3.05, 3.63) is 0 Å². The third-order valence-electron chi connectivity index (χ3n) is 4.61. The van der Waals surface area contributed by atoms with Gasteiger partial charge in [0.05, 0.1) is 17.6 Å². The number of hydrogen-bond acceptors (Lipinski definition) is 2. The molecule has 0 unspecified atom stereocenters. The van der Waals surface area contributed by atoms with E-state index in [4.69, 9.17) is 4.74 Å². The highest BCUT2D eigenvalue weighted by atomic mass is 19.3. The van der Waals surface area contributed by atoms with Crippen LogP contribution in [0, 0.1) is 11.3 Å². The number of amides is 1. The van der Waals surface area contributed by atoms with Crippen molar-refractivity contribution in [2.45, 2.75) is 38.2 Å². The Kier molecular flexibility index (Phi) is 2.28. The normalized spacial score (nSPS) is 38.6. The van der Waals surface area contributed by atoms with E-state index in [1.807, 2.05) is 0 Å². The van der Waals surface area contributed by atoms with Gasteiger partial charge in [-0.3, -0.25) is 4.79 Å². The molecule has 0 N–H and O–H groups in total. The Morgan fingerprint density at radius 3 is 2.41 bits per heavy atom. The minimum absolute atomic E-state index is 0.0311. The van der Waals surface area contributed by atoms with Crippen molar-refractivity contribution < 1.29 is 18.3 Å². The van der Waals surface area contributed by atoms with Crippen LogP contribution >= 0.6 is 0 Å². The molecular formula is C12H17F2NO2. The summed E-state index contributed by atoms with van der Waals surface area (Å²) in [5.41, 5.74) is -0.771. The highest BCUT2D eigenvalue weighted by Gasteiger charge is 2.62. The molecule has 0 aromatic heterocycles. The number of carbonyl (C=O) groups is 1. The lowest BCUT2D eigenvalue weighted by Crippen LogP contribution is -2.45. The fourth-order valence-corrected chi connectivity index (χ4v) is 2.88. The van der Waals surface area contributed by atoms with Crippen LogP contribution in [-0.2, 0) is 9.53 Å². The first-order chi connectivity index (χ1) is 7.97. The van der Waals surface area contributed by atoms with Crippen LogP contribution in [0.5, 0.6) is 0 Å². The van der Waals surface area contributed by atoms with Crippen molar-refractivity contribution in [2.24, 2.45) is 11.3 Å². The molecule has 96 valence electrons. The van der Waals surface area contributed by atoms with E-state index in [9.17, 15) is 13.6 Å². The zero-order valence-electron chi connectivity index (χ0n) is 9.92. The van der Waals surface area contributed by atoms with Gasteiger partial charge in [0.25, 0.3) is 0 Å². The number of hydrogen-bond donors (Lipinski definition) is 0. The smallest absolute Gasteiger partial charge is 0.242 e. The van der Waals surface area contributed by atoms with Crippen molar-refractivity contribution in [2.75, 3.05) is 19.7 Å². The number of carbonyl (C=O) groups excluding carboxylic acids is 1. The Hall–Kier alpha value is -0.710. The molecule has 1 amide bonds. The van der Waals surface area contributed by atoms with E-state index in [-0.39, 0.29) is 11.5 Å². The quantitative estimate of drug-likeness (QED) is 0.693. The Labute approximate surface area is 99.1 Å². The van der Waals surface area contributed by atoms with Gasteiger partial charge in [-0.15, -0.1) is 0 Å². The van der Waals surface area contributed by atoms with E-state index in [2.05, 4.69) is 0 Å². The lowest BCUT2D eigenvalue weighted by Gasteiger charge is -2.32. The second-order valence-corrected chi connectivity index (χ2v) is 5.83. The molecule has 2 aliphatic heterocycles. The predicted molar refractivity (Wildman–Crippen MR) is 56.7 cm³/mol. The zero-order chi connectivity index (χ0) is 12.3. The molecule has 3 aliphatic rings. The summed E-state index contributed by atoms with van der Waals surface area (Å²) < 4.78 is 30.5. The predicted octanol–water partition coefficient (Wildman–Crippen LogP) is 1.67. The highest BCUT2D eigenvalue weighted by Crippen LogP contribution is 2.56. The molecule has 2 saturated heterocycles. The van der Waals surface area contributed by atoms with Gasteiger partial charge < -0.3 is 9.64 Å². The SMILES string of the molecule is C[C@@]1(C(=O)N2CCC3(CC2)CO3)C[C@H]1C(F)F. The van der Waals surface area contributed by atoms with E-state index < -0.39 is 17.8 Å². The monoisotopic (exact) mass is 245 g/mol. The lowest BCUT2D eigenvalue weighted by atomic mass is 9.95. The Morgan fingerprint density at radius 1 is 1.41 bits per heavy atom. The fourth-order valence-electron chi connectivity index (χ4n) is 2.88. The summed E-state index contributed by atoms with van der Waals surface area (Å²) in [5.74, 6) is -0.818. The van der Waals surface area contributed by atoms with Gasteiger partial charge >= 0.3 is 0 Å². The van der Waals surface area contributed by atoms with Crippen molar-refractivity contribution in [1.29, 1.82) is 0 Å². The second-order valence-electron chi connectivity index (χ2n) is 5.83. The van der Waals surface area contributed by atoms with Crippen LogP contribution in [0.25, 0.3) is 0 Å². The van der Waals surface area contributed by atoms with E-state index in [1.54, 1.807) is 11.8 Å². The Morgan fingerprint density at radius 2 is 2.00 bits per heavy atom. The summed E-state index contributed by atoms with van der Waals surface area (Å²) in [6, 6.07) is 0. The van der Waals surface area contributed by atoms with Crippen LogP contribution < -0.4 is 0 Å². The van der Waals surface area contributed by atoms with Crippen LogP contribution in [0.4, 0.5) is 8.78 Å². The number of halogens is 2. The number of rotatable bonds is 2. The van der Waals surface area contributed by atoms with Gasteiger partial charge in [-0.2, -0.15) is 0 Å². The van der Waals surface area contributed by atoms with Gasteiger partial charge in [-0.05, 0) is 19.3 Å². The van der Waals surface area contributed by atoms with Gasteiger partial charge in [-0.25, -0.2) is 8.78 Å². The molecule has 0 bridgehead atoms. The van der Waals surface area contributed by atoms with Crippen LogP contribution in [0.15, 0.2) is 0 Å². The largest absolute Gasteiger partial charge is 0.369 e. The first kappa shape index (κ1) is 11.4. The minimum atomic E-state index is -2.37. The number of likely N-dealkylation sites (tertiary alicyclic amines) is 1. The molecule has 1 saturated carbocycles. The molecule has 17 heavy (non-hydrogen) atoms. The van der Waals surface area contributed by atoms with Crippen molar-refractivity contribution >= 4 is 5.91 Å². The summed E-state index contributed by atoms with van der Waals surface area (Å²) in [5, 5.41) is 0. The Balaban J connectivity index is 1.60. The van der Waals surface area contributed by atoms with E-state index in [0.29, 0.717) is 19.5 Å². The van der Waals surface area contributed by atoms with Crippen LogP contribution in [0.3, 0.4) is 0 Å². The molecule has 0 radical (unpaired) electrons. The molecule has 3 nitrogen and oxygen atoms in total. The molecule has 1 aliphatic carbocycles. The first-order valence-corrected chi connectivity index (χ1v) is 6.18. The topological polar surface area (TPSA) is 32.8 Å². The maximum atomic E-state index is 12.6. The Bertz CT molecular complexity index is 346. The average Bonchev–Trinajstić information content (AvgIpc) is 3.18. The van der Waals surface area contributed by atoms with Gasteiger partial charge in [0, 0.05) is 19.0 Å². The summed E-state index contributed by atoms with van der Waals surface area (Å²) in [6.45, 7) is 3.78. The minimum Gasteiger partial charge on any atom is -0.369 e. The molecule has 5 heteroatoms. The van der Waals surface area contributed by atoms with Gasteiger partial charge in [-0.1, -0.05) is 6.92 Å². The maximum Gasteiger partial charge on any atom is 0.242 e. The van der Waals surface area contributed by atoms with Gasteiger partial charge in [0.1, 0.15) is 0 Å². The van der Waals surface area contributed by atoms with Crippen molar-refractivity contribution in [1.82, 2.24) is 4.90 Å². The molecule has 1 spiro atoms. The molecular weight excluding hydrogens is 228 g/mol. The highest BCUT2D eigenvalue weighted by molar-refractivity contribution is 5.85. The number of ether oxygens (including phenoxy) is 1. The van der Waals surface area contributed by atoms with E-state index in [0.717, 1.165) is 19.4 Å². The van der Waals surface area contributed by atoms with E-state index in [1.165, 1.54) is 0 Å². The average molecular weight is 245 g/mol. The molecule has 3 fully saturated rings. The molecule has 3 rings (SSSR count). The second kappa shape index (κ2) is 3.40. The summed E-state index contributed by atoms with van der Waals surface area (Å²) >= 11 is 0. The standard InChI is InChI=1S/C12H17F2NO2/c1-11(6-8(11)9(13)14)10(16)15-4-2-12(3-5-15)7-17-12/h8-9H,2-7H2,1H3/t8-,11+/m0/s1. The first-order valence-electron chi connectivity index (χ1n) is 6.18. The molecule has 0 aromatic carbocycles. The van der Waals surface area contributed by atoms with Gasteiger partial charge in [0.2, 0.25) is 12.3 Å². The van der Waals surface area contributed by atoms with Crippen molar-refractivity contribution in [3.8, 4) is 0 Å². The van der Waals surface area contributed by atoms with Gasteiger partial charge in [0.15, 0.2) is 0 Å². The number of epoxide rings is 1. The molecule has 2 atom stereocenters. The van der Waals surface area contributed by atoms with Crippen LogP contribution in [-0.4, -0.2) is 42.5 Å². The van der Waals surface area contributed by atoms with E-state index >= 15 is 0 Å². The summed E-state index contributed by atoms with van der Waals surface area (Å²) in [6.07, 6.45) is -0.323. The number of nitrogens with zero attached hydrogens (tertiary/aromatic N) is 1. The molecule has 2 heterocycles. The molecule has 0 aromatic rings. The summed E-state index contributed by atoms with van der Waals surface area (Å²) in [4.78, 5) is 13.9. The lowest BCUT2D eigenvalue weighted by molar-refractivity contribution is -0.139. The number of alkyl halides is 2. The number of piperidine rings is 1. The van der Waals surface area contributed by atoms with Crippen LogP contribution in [0.2, 0.25) is 0 Å².